The van der Waals surface area contributed by atoms with E-state index in [-0.39, 0.29) is 12.1 Å². The average molecular weight is 482 g/mol. The van der Waals surface area contributed by atoms with E-state index >= 15 is 0 Å². The van der Waals surface area contributed by atoms with Gasteiger partial charge in [0.1, 0.15) is 27.4 Å². The van der Waals surface area contributed by atoms with Crippen LogP contribution in [0.15, 0.2) is 23.2 Å². The zero-order chi connectivity index (χ0) is 24.1. The Balaban J connectivity index is 1.99. The lowest BCUT2D eigenvalue weighted by Gasteiger charge is -2.28. The molecule has 1 N–H and O–H groups in total. The van der Waals surface area contributed by atoms with Crippen LogP contribution in [0.25, 0.3) is 10.2 Å². The third-order valence-electron chi connectivity index (χ3n) is 4.65. The standard InChI is InChI=1S/C22H31N3O5S2/c1-7-15(20(26)27)23-18(31)19-24-16-9-8-14(12-17(16)32-19)29-11-10-13(2)25(6)21(28)30-22(3,4)5/h8-9,12-13,15H,7,10-11H2,1-6H3,(H,23,31)(H,26,27)/t13?,15-/m1/s1. The van der Waals surface area contributed by atoms with E-state index in [1.165, 1.54) is 11.3 Å². The number of thiol groups is 1. The number of amides is 1. The highest BCUT2D eigenvalue weighted by molar-refractivity contribution is 7.98. The van der Waals surface area contributed by atoms with Crippen LogP contribution in [0, 0.1) is 0 Å². The minimum atomic E-state index is -0.984. The Bertz CT molecular complexity index is 984. The molecule has 2 atom stereocenters. The molecule has 1 unspecified atom stereocenters. The topological polar surface area (TPSA) is 101 Å². The quantitative estimate of drug-likeness (QED) is 0.301. The fourth-order valence-corrected chi connectivity index (χ4v) is 3.89. The number of carboxylic acids is 1. The van der Waals surface area contributed by atoms with Crippen molar-refractivity contribution in [1.29, 1.82) is 0 Å². The molecule has 0 bridgehead atoms. The normalized spacial score (nSPS) is 14.2. The van der Waals surface area contributed by atoms with Gasteiger partial charge >= 0.3 is 12.1 Å². The molecule has 0 radical (unpaired) electrons. The first-order valence-corrected chi connectivity index (χ1v) is 11.7. The minimum Gasteiger partial charge on any atom is -0.493 e. The van der Waals surface area contributed by atoms with Gasteiger partial charge in [-0.1, -0.05) is 6.92 Å². The van der Waals surface area contributed by atoms with Crippen molar-refractivity contribution in [2.45, 2.75) is 65.1 Å². The molecule has 176 valence electrons. The van der Waals surface area contributed by atoms with E-state index in [2.05, 4.69) is 22.6 Å². The van der Waals surface area contributed by atoms with Gasteiger partial charge < -0.3 is 19.5 Å². The van der Waals surface area contributed by atoms with Gasteiger partial charge in [-0.25, -0.2) is 14.6 Å². The maximum Gasteiger partial charge on any atom is 0.410 e. The summed E-state index contributed by atoms with van der Waals surface area (Å²) < 4.78 is 12.2. The predicted octanol–water partition coefficient (Wildman–Crippen LogP) is 4.86. The molecule has 0 saturated heterocycles. The van der Waals surface area contributed by atoms with Gasteiger partial charge in [0.2, 0.25) is 0 Å². The molecule has 8 nitrogen and oxygen atoms in total. The van der Waals surface area contributed by atoms with Gasteiger partial charge in [-0.15, -0.1) is 24.0 Å². The summed E-state index contributed by atoms with van der Waals surface area (Å²) in [7, 11) is 1.72. The second-order valence-electron chi connectivity index (χ2n) is 8.44. The van der Waals surface area contributed by atoms with Crippen molar-refractivity contribution in [2.24, 2.45) is 4.99 Å². The van der Waals surface area contributed by atoms with Crippen molar-refractivity contribution in [3.63, 3.8) is 0 Å². The molecule has 0 aliphatic heterocycles. The summed E-state index contributed by atoms with van der Waals surface area (Å²) in [5, 5.41) is 10.0. The van der Waals surface area contributed by atoms with Crippen molar-refractivity contribution < 1.29 is 24.2 Å². The number of rotatable bonds is 9. The van der Waals surface area contributed by atoms with Crippen LogP contribution in [0.5, 0.6) is 5.75 Å². The van der Waals surface area contributed by atoms with E-state index in [1.807, 2.05) is 45.9 Å². The maximum absolute atomic E-state index is 12.2. The van der Waals surface area contributed by atoms with Crippen molar-refractivity contribution in [1.82, 2.24) is 9.88 Å². The van der Waals surface area contributed by atoms with Crippen LogP contribution in [-0.4, -0.2) is 63.4 Å². The second-order valence-corrected chi connectivity index (χ2v) is 9.90. The minimum absolute atomic E-state index is 0.0488. The third-order valence-corrected chi connectivity index (χ3v) is 6.15. The van der Waals surface area contributed by atoms with Gasteiger partial charge in [-0.2, -0.15) is 0 Å². The smallest absolute Gasteiger partial charge is 0.410 e. The van der Waals surface area contributed by atoms with Crippen LogP contribution in [-0.2, 0) is 9.53 Å². The number of nitrogens with zero attached hydrogens (tertiary/aromatic N) is 3. The molecule has 2 aromatic rings. The van der Waals surface area contributed by atoms with Crippen molar-refractivity contribution in [2.75, 3.05) is 13.7 Å². The maximum atomic E-state index is 12.2. The molecule has 0 aliphatic rings. The first-order valence-electron chi connectivity index (χ1n) is 10.4. The molecule has 1 amide bonds. The van der Waals surface area contributed by atoms with E-state index in [0.29, 0.717) is 35.2 Å². The average Bonchev–Trinajstić information content (AvgIpc) is 3.13. The van der Waals surface area contributed by atoms with E-state index < -0.39 is 17.6 Å². The number of thiazole rings is 1. The van der Waals surface area contributed by atoms with Gasteiger partial charge in [-0.3, -0.25) is 4.99 Å². The van der Waals surface area contributed by atoms with Gasteiger partial charge in [0.05, 0.1) is 16.8 Å². The number of carboxylic acid groups (broad SMARTS) is 1. The third kappa shape index (κ3) is 7.37. The van der Waals surface area contributed by atoms with Crippen LogP contribution in [0.1, 0.15) is 52.5 Å². The largest absolute Gasteiger partial charge is 0.493 e. The van der Waals surface area contributed by atoms with Gasteiger partial charge in [-0.05, 0) is 52.3 Å². The van der Waals surface area contributed by atoms with Crippen LogP contribution < -0.4 is 4.74 Å². The molecule has 0 fully saturated rings. The SMILES string of the molecule is CC[C@@H](/N=C(\S)c1nc2ccc(OCCC(C)N(C)C(=O)OC(C)(C)C)cc2s1)C(=O)O. The van der Waals surface area contributed by atoms with Crippen LogP contribution in [0.2, 0.25) is 0 Å². The highest BCUT2D eigenvalue weighted by Gasteiger charge is 2.23. The molecule has 32 heavy (non-hydrogen) atoms. The number of ether oxygens (including phenoxy) is 2. The Kier molecular flexibility index (Phi) is 8.91. The number of benzene rings is 1. The number of fused-ring (bicyclic) bond motifs is 1. The summed E-state index contributed by atoms with van der Waals surface area (Å²) in [5.41, 5.74) is 0.230. The van der Waals surface area contributed by atoms with E-state index in [4.69, 9.17) is 9.47 Å². The molecule has 1 aromatic carbocycles. The molecule has 1 heterocycles. The van der Waals surface area contributed by atoms with Crippen LogP contribution in [0.3, 0.4) is 0 Å². The fourth-order valence-electron chi connectivity index (χ4n) is 2.67. The number of hydrogen-bond donors (Lipinski definition) is 2. The highest BCUT2D eigenvalue weighted by atomic mass is 32.1. The molecule has 10 heteroatoms. The first-order chi connectivity index (χ1) is 14.9. The number of carbonyl (C=O) groups is 2. The zero-order valence-electron chi connectivity index (χ0n) is 19.3. The zero-order valence-corrected chi connectivity index (χ0v) is 21.0. The lowest BCUT2D eigenvalue weighted by Crippen LogP contribution is -2.40. The monoisotopic (exact) mass is 481 g/mol. The summed E-state index contributed by atoms with van der Waals surface area (Å²) in [4.78, 5) is 33.6. The lowest BCUT2D eigenvalue weighted by atomic mass is 10.2. The Labute approximate surface area is 198 Å². The van der Waals surface area contributed by atoms with E-state index in [1.54, 1.807) is 18.9 Å². The molecule has 0 aliphatic carbocycles. The van der Waals surface area contributed by atoms with Crippen molar-refractivity contribution in [3.8, 4) is 5.75 Å². The van der Waals surface area contributed by atoms with E-state index in [9.17, 15) is 14.7 Å². The number of hydrogen-bond acceptors (Lipinski definition) is 7. The summed E-state index contributed by atoms with van der Waals surface area (Å²) in [6.45, 7) is 9.65. The summed E-state index contributed by atoms with van der Waals surface area (Å²) in [6.07, 6.45) is 0.660. The summed E-state index contributed by atoms with van der Waals surface area (Å²) in [5.74, 6) is -0.295. The van der Waals surface area contributed by atoms with Gasteiger partial charge in [0.25, 0.3) is 0 Å². The Hall–Kier alpha value is -2.33. The summed E-state index contributed by atoms with van der Waals surface area (Å²) >= 11 is 5.72. The molecule has 1 aromatic heterocycles. The Morgan fingerprint density at radius 3 is 2.62 bits per heavy atom. The van der Waals surface area contributed by atoms with Crippen LogP contribution in [0.4, 0.5) is 4.79 Å². The molecule has 2 rings (SSSR count). The Morgan fingerprint density at radius 2 is 2.03 bits per heavy atom. The summed E-state index contributed by atoms with van der Waals surface area (Å²) in [6, 6.07) is 4.67. The second kappa shape index (κ2) is 11.0. The number of aliphatic imine (C=N–C) groups is 1. The number of aromatic nitrogens is 1. The Morgan fingerprint density at radius 1 is 1.34 bits per heavy atom. The number of carbonyl (C=O) groups excluding carboxylic acids is 1. The van der Waals surface area contributed by atoms with Crippen molar-refractivity contribution in [3.05, 3.63) is 23.2 Å². The molecular weight excluding hydrogens is 450 g/mol. The van der Waals surface area contributed by atoms with Gasteiger partial charge in [0, 0.05) is 19.5 Å². The predicted molar refractivity (Wildman–Crippen MR) is 130 cm³/mol. The van der Waals surface area contributed by atoms with E-state index in [0.717, 1.165) is 10.2 Å². The van der Waals surface area contributed by atoms with Crippen molar-refractivity contribution >= 4 is 51.3 Å². The molecular formula is C22H31N3O5S2. The highest BCUT2D eigenvalue weighted by Crippen LogP contribution is 2.28. The number of aliphatic carboxylic acids is 1. The first kappa shape index (κ1) is 25.9. The fraction of sp³-hybridized carbons (Fsp3) is 0.545. The van der Waals surface area contributed by atoms with Gasteiger partial charge in [0.15, 0.2) is 0 Å². The molecule has 0 saturated carbocycles. The lowest BCUT2D eigenvalue weighted by molar-refractivity contribution is -0.138. The van der Waals surface area contributed by atoms with Crippen LogP contribution >= 0.6 is 24.0 Å². The molecule has 0 spiro atoms.